The maximum atomic E-state index is 10.9. The minimum atomic E-state index is -0.947. The van der Waals surface area contributed by atoms with E-state index in [0.29, 0.717) is 0 Å². The zero-order valence-corrected chi connectivity index (χ0v) is 20.7. The van der Waals surface area contributed by atoms with Gasteiger partial charge >= 0.3 is 0 Å². The summed E-state index contributed by atoms with van der Waals surface area (Å²) in [5, 5.41) is 13.9. The molecule has 6 nitrogen and oxygen atoms in total. The molecule has 1 heterocycles. The molecule has 35 heavy (non-hydrogen) atoms. The summed E-state index contributed by atoms with van der Waals surface area (Å²) in [5.74, 6) is 1.47. The summed E-state index contributed by atoms with van der Waals surface area (Å²) >= 11 is 0. The molecular weight excluding hydrogens is 441 g/mol. The molecule has 1 fully saturated rings. The van der Waals surface area contributed by atoms with Gasteiger partial charge in [0, 0.05) is 11.9 Å². The van der Waals surface area contributed by atoms with Gasteiger partial charge in [-0.15, -0.1) is 0 Å². The summed E-state index contributed by atoms with van der Waals surface area (Å²) in [5.41, 5.74) is 1.90. The highest BCUT2D eigenvalue weighted by Gasteiger charge is 2.44. The minimum absolute atomic E-state index is 0.0517. The second kappa shape index (κ2) is 11.3. The highest BCUT2D eigenvalue weighted by molar-refractivity contribution is 6.34. The van der Waals surface area contributed by atoms with Gasteiger partial charge in [-0.05, 0) is 48.0 Å². The first-order valence-corrected chi connectivity index (χ1v) is 11.9. The van der Waals surface area contributed by atoms with Crippen molar-refractivity contribution in [2.24, 2.45) is 5.92 Å². The van der Waals surface area contributed by atoms with Crippen molar-refractivity contribution in [2.75, 3.05) is 27.9 Å². The van der Waals surface area contributed by atoms with Crippen molar-refractivity contribution in [1.82, 2.24) is 5.23 Å². The van der Waals surface area contributed by atoms with E-state index in [2.05, 4.69) is 17.4 Å². The summed E-state index contributed by atoms with van der Waals surface area (Å²) < 4.78 is 23.8. The lowest BCUT2D eigenvalue weighted by Crippen LogP contribution is -2.38. The molecule has 7 heteroatoms. The number of aliphatic hydroxyl groups is 1. The molecule has 0 aromatic heterocycles. The SMILES string of the molecule is CN[B][C@@H]1O[C@H](COC(c2ccccc2)(c2ccc(OC)cc2)c2ccc(OC)cc2)C(O)[C@@H]1C. The summed E-state index contributed by atoms with van der Waals surface area (Å²) in [6.45, 7) is 2.19. The third-order valence-electron chi connectivity index (χ3n) is 6.74. The van der Waals surface area contributed by atoms with Crippen LogP contribution in [0.15, 0.2) is 78.9 Å². The van der Waals surface area contributed by atoms with E-state index in [-0.39, 0.29) is 18.5 Å². The molecule has 0 bridgehead atoms. The minimum Gasteiger partial charge on any atom is -0.497 e. The second-order valence-corrected chi connectivity index (χ2v) is 8.76. The van der Waals surface area contributed by atoms with E-state index < -0.39 is 17.8 Å². The van der Waals surface area contributed by atoms with Gasteiger partial charge in [0.05, 0.1) is 26.9 Å². The summed E-state index contributed by atoms with van der Waals surface area (Å²) in [4.78, 5) is 0. The van der Waals surface area contributed by atoms with Crippen molar-refractivity contribution < 1.29 is 24.1 Å². The Balaban J connectivity index is 1.79. The smallest absolute Gasteiger partial charge is 0.241 e. The molecule has 4 atom stereocenters. The molecule has 0 amide bonds. The van der Waals surface area contributed by atoms with Gasteiger partial charge in [-0.2, -0.15) is 0 Å². The molecule has 1 aliphatic heterocycles. The lowest BCUT2D eigenvalue weighted by molar-refractivity contribution is -0.0745. The first-order chi connectivity index (χ1) is 17.0. The lowest BCUT2D eigenvalue weighted by Gasteiger charge is -2.37. The molecule has 4 rings (SSSR count). The van der Waals surface area contributed by atoms with Gasteiger partial charge in [0.15, 0.2) is 0 Å². The Hall–Kier alpha value is -2.84. The molecule has 183 valence electrons. The Morgan fingerprint density at radius 3 is 1.86 bits per heavy atom. The van der Waals surface area contributed by atoms with Crippen molar-refractivity contribution in [3.63, 3.8) is 0 Å². The summed E-state index contributed by atoms with van der Waals surface area (Å²) in [6.07, 6.45) is -1.12. The topological polar surface area (TPSA) is 69.2 Å². The Bertz CT molecular complexity index is 1010. The van der Waals surface area contributed by atoms with E-state index >= 15 is 0 Å². The molecule has 1 saturated heterocycles. The monoisotopic (exact) mass is 474 g/mol. The van der Waals surface area contributed by atoms with Gasteiger partial charge in [0.1, 0.15) is 23.2 Å². The molecule has 1 aliphatic rings. The number of aliphatic hydroxyl groups excluding tert-OH is 1. The summed E-state index contributed by atoms with van der Waals surface area (Å²) in [6, 6.07) is 25.7. The second-order valence-electron chi connectivity index (χ2n) is 8.76. The van der Waals surface area contributed by atoms with E-state index in [1.165, 1.54) is 0 Å². The molecular formula is C28H33BNO5. The predicted molar refractivity (Wildman–Crippen MR) is 137 cm³/mol. The number of ether oxygens (including phenoxy) is 4. The molecule has 3 aromatic carbocycles. The summed E-state index contributed by atoms with van der Waals surface area (Å²) in [7, 11) is 7.00. The van der Waals surface area contributed by atoms with Crippen LogP contribution in [0.4, 0.5) is 0 Å². The first-order valence-electron chi connectivity index (χ1n) is 11.9. The highest BCUT2D eigenvalue weighted by atomic mass is 16.6. The van der Waals surface area contributed by atoms with Crippen LogP contribution in [0, 0.1) is 5.92 Å². The van der Waals surface area contributed by atoms with Crippen molar-refractivity contribution in [2.45, 2.75) is 30.7 Å². The maximum absolute atomic E-state index is 10.9. The number of hydrogen-bond acceptors (Lipinski definition) is 6. The predicted octanol–water partition coefficient (Wildman–Crippen LogP) is 3.57. The fourth-order valence-corrected chi connectivity index (χ4v) is 4.71. The van der Waals surface area contributed by atoms with Crippen LogP contribution in [-0.4, -0.2) is 58.6 Å². The Kier molecular flexibility index (Phi) is 8.13. The molecule has 0 spiro atoms. The maximum Gasteiger partial charge on any atom is 0.241 e. The Morgan fingerprint density at radius 1 is 0.857 bits per heavy atom. The number of hydrogen-bond donors (Lipinski definition) is 2. The lowest BCUT2D eigenvalue weighted by atomic mass is 9.77. The van der Waals surface area contributed by atoms with Gasteiger partial charge in [0.25, 0.3) is 0 Å². The third kappa shape index (κ3) is 5.09. The average Bonchev–Trinajstić information content (AvgIpc) is 3.18. The number of methoxy groups -OCH3 is 2. The van der Waals surface area contributed by atoms with Gasteiger partial charge in [-0.3, -0.25) is 0 Å². The zero-order valence-electron chi connectivity index (χ0n) is 20.7. The average molecular weight is 474 g/mol. The first kappa shape index (κ1) is 25.3. The van der Waals surface area contributed by atoms with Gasteiger partial charge < -0.3 is 29.3 Å². The largest absolute Gasteiger partial charge is 0.497 e. The normalized spacial score (nSPS) is 22.1. The van der Waals surface area contributed by atoms with E-state index in [9.17, 15) is 5.11 Å². The van der Waals surface area contributed by atoms with Crippen LogP contribution in [0.3, 0.4) is 0 Å². The fourth-order valence-electron chi connectivity index (χ4n) is 4.71. The van der Waals surface area contributed by atoms with Crippen molar-refractivity contribution >= 4 is 7.41 Å². The molecule has 1 unspecified atom stereocenters. The van der Waals surface area contributed by atoms with Crippen LogP contribution in [0.25, 0.3) is 0 Å². The van der Waals surface area contributed by atoms with Crippen LogP contribution in [0.2, 0.25) is 0 Å². The van der Waals surface area contributed by atoms with Gasteiger partial charge in [-0.25, -0.2) is 0 Å². The molecule has 0 saturated carbocycles. The fraction of sp³-hybridized carbons (Fsp3) is 0.357. The van der Waals surface area contributed by atoms with Crippen molar-refractivity contribution in [3.05, 3.63) is 95.6 Å². The van der Waals surface area contributed by atoms with Crippen LogP contribution >= 0.6 is 0 Å². The zero-order chi connectivity index (χ0) is 24.8. The quantitative estimate of drug-likeness (QED) is 0.346. The molecule has 1 radical (unpaired) electrons. The Labute approximate surface area is 208 Å². The molecule has 3 aromatic rings. The number of rotatable bonds is 10. The van der Waals surface area contributed by atoms with Crippen molar-refractivity contribution in [1.29, 1.82) is 0 Å². The van der Waals surface area contributed by atoms with Crippen LogP contribution < -0.4 is 14.7 Å². The van der Waals surface area contributed by atoms with Crippen LogP contribution in [-0.2, 0) is 15.1 Å². The Morgan fingerprint density at radius 2 is 1.37 bits per heavy atom. The van der Waals surface area contributed by atoms with Crippen LogP contribution in [0.5, 0.6) is 11.5 Å². The highest BCUT2D eigenvalue weighted by Crippen LogP contribution is 2.42. The molecule has 0 aliphatic carbocycles. The standard InChI is InChI=1S/C28H33BNO5/c1-19-26(31)25(35-27(19)29-30-2)18-34-28(20-8-6-5-7-9-20,21-10-14-23(32-3)15-11-21)22-12-16-24(33-4)17-13-22/h5-17,19,25-27,30-31H,18H2,1-4H3/t19-,25+,26?,27+/m0/s1. The third-order valence-corrected chi connectivity index (χ3v) is 6.74. The number of benzene rings is 3. The van der Waals surface area contributed by atoms with E-state index in [1.54, 1.807) is 14.2 Å². The van der Waals surface area contributed by atoms with Gasteiger partial charge in [0.2, 0.25) is 7.41 Å². The van der Waals surface area contributed by atoms with Gasteiger partial charge in [-0.1, -0.05) is 61.5 Å². The number of nitrogens with one attached hydrogen (secondary N) is 1. The van der Waals surface area contributed by atoms with E-state index in [0.717, 1.165) is 28.2 Å². The van der Waals surface area contributed by atoms with E-state index in [4.69, 9.17) is 18.9 Å². The van der Waals surface area contributed by atoms with E-state index in [1.807, 2.05) is 88.1 Å². The van der Waals surface area contributed by atoms with Crippen molar-refractivity contribution in [3.8, 4) is 11.5 Å². The van der Waals surface area contributed by atoms with Crippen LogP contribution in [0.1, 0.15) is 23.6 Å². The molecule has 2 N–H and O–H groups in total.